The molecular weight excluding hydrogens is 178 g/mol. The Bertz CT molecular complexity index is 329. The molecule has 1 aromatic carbocycles. The van der Waals surface area contributed by atoms with Crippen LogP contribution < -0.4 is 5.73 Å². The van der Waals surface area contributed by atoms with Crippen LogP contribution in [0.5, 0.6) is 0 Å². The number of aliphatic hydroxyl groups is 1. The number of benzene rings is 1. The van der Waals surface area contributed by atoms with E-state index in [-0.39, 0.29) is 5.78 Å². The third-order valence-electron chi connectivity index (χ3n) is 2.67. The van der Waals surface area contributed by atoms with Gasteiger partial charge in [-0.3, -0.25) is 4.79 Å². The number of hydrogen-bond acceptors (Lipinski definition) is 3. The van der Waals surface area contributed by atoms with Crippen molar-refractivity contribution in [3.05, 3.63) is 35.4 Å². The molecule has 3 N–H and O–H groups in total. The van der Waals surface area contributed by atoms with Gasteiger partial charge in [0.15, 0.2) is 5.78 Å². The number of aliphatic hydroxyl groups excluding tert-OH is 1. The molecule has 0 radical (unpaired) electrons. The van der Waals surface area contributed by atoms with Gasteiger partial charge in [-0.2, -0.15) is 0 Å². The van der Waals surface area contributed by atoms with Crippen LogP contribution in [0.1, 0.15) is 11.1 Å². The zero-order valence-corrected chi connectivity index (χ0v) is 7.81. The second kappa shape index (κ2) is 3.52. The van der Waals surface area contributed by atoms with Crippen molar-refractivity contribution in [2.24, 2.45) is 5.73 Å². The molecule has 1 aromatic rings. The molecule has 0 amide bonds. The Hall–Kier alpha value is -1.19. The van der Waals surface area contributed by atoms with E-state index >= 15 is 0 Å². The van der Waals surface area contributed by atoms with Gasteiger partial charge >= 0.3 is 0 Å². The van der Waals surface area contributed by atoms with Crippen LogP contribution in [0.4, 0.5) is 0 Å². The summed E-state index contributed by atoms with van der Waals surface area (Å²) in [6, 6.07) is 7.17. The minimum absolute atomic E-state index is 0.249. The van der Waals surface area contributed by atoms with Crippen molar-refractivity contribution in [1.29, 1.82) is 0 Å². The summed E-state index contributed by atoms with van der Waals surface area (Å²) >= 11 is 0. The Balaban J connectivity index is 2.39. The highest BCUT2D eigenvalue weighted by Gasteiger charge is 2.27. The fourth-order valence-electron chi connectivity index (χ4n) is 1.85. The maximum atomic E-state index is 11.4. The highest BCUT2D eigenvalue weighted by molar-refractivity contribution is 5.89. The van der Waals surface area contributed by atoms with Crippen molar-refractivity contribution >= 4 is 5.78 Å². The first-order valence-corrected chi connectivity index (χ1v) is 4.72. The minimum atomic E-state index is -0.936. The second-order valence-corrected chi connectivity index (χ2v) is 3.70. The van der Waals surface area contributed by atoms with Gasteiger partial charge in [-0.15, -0.1) is 0 Å². The third-order valence-corrected chi connectivity index (χ3v) is 2.67. The zero-order chi connectivity index (χ0) is 10.1. The first kappa shape index (κ1) is 9.37. The first-order chi connectivity index (χ1) is 6.68. The number of carbonyl (C=O) groups excluding carboxylic acids is 1. The van der Waals surface area contributed by atoms with Gasteiger partial charge in [-0.05, 0) is 17.5 Å². The van der Waals surface area contributed by atoms with Gasteiger partial charge in [0.05, 0.1) is 6.04 Å². The molecule has 0 unspecified atom stereocenters. The van der Waals surface area contributed by atoms with Gasteiger partial charge in [0.2, 0.25) is 0 Å². The van der Waals surface area contributed by atoms with Crippen LogP contribution in [-0.4, -0.2) is 23.0 Å². The summed E-state index contributed by atoms with van der Waals surface area (Å²) < 4.78 is 0. The SMILES string of the molecule is N[C@H]1Cc2ccccc2C[C@H](O)C1=O. The van der Waals surface area contributed by atoms with E-state index in [4.69, 9.17) is 5.73 Å². The summed E-state index contributed by atoms with van der Waals surface area (Å²) in [5, 5.41) is 9.55. The lowest BCUT2D eigenvalue weighted by Gasteiger charge is -2.08. The fraction of sp³-hybridized carbons (Fsp3) is 0.364. The highest BCUT2D eigenvalue weighted by Crippen LogP contribution is 2.18. The Morgan fingerprint density at radius 1 is 1.21 bits per heavy atom. The van der Waals surface area contributed by atoms with Crippen LogP contribution >= 0.6 is 0 Å². The van der Waals surface area contributed by atoms with Crippen LogP contribution in [0.25, 0.3) is 0 Å². The van der Waals surface area contributed by atoms with Crippen molar-refractivity contribution < 1.29 is 9.90 Å². The van der Waals surface area contributed by atoms with E-state index in [0.29, 0.717) is 12.8 Å². The van der Waals surface area contributed by atoms with E-state index in [1.54, 1.807) is 0 Å². The van der Waals surface area contributed by atoms with Crippen molar-refractivity contribution in [2.75, 3.05) is 0 Å². The third kappa shape index (κ3) is 1.56. The smallest absolute Gasteiger partial charge is 0.178 e. The summed E-state index contributed by atoms with van der Waals surface area (Å²) in [5.74, 6) is -0.249. The summed E-state index contributed by atoms with van der Waals surface area (Å²) in [4.78, 5) is 11.4. The molecule has 0 saturated carbocycles. The molecular formula is C11H13NO2. The molecule has 1 aliphatic rings. The second-order valence-electron chi connectivity index (χ2n) is 3.70. The van der Waals surface area contributed by atoms with E-state index in [1.807, 2.05) is 24.3 Å². The van der Waals surface area contributed by atoms with E-state index in [1.165, 1.54) is 0 Å². The molecule has 0 aromatic heterocycles. The molecule has 1 aliphatic carbocycles. The topological polar surface area (TPSA) is 63.3 Å². The first-order valence-electron chi connectivity index (χ1n) is 4.72. The number of rotatable bonds is 0. The lowest BCUT2D eigenvalue weighted by molar-refractivity contribution is -0.128. The highest BCUT2D eigenvalue weighted by atomic mass is 16.3. The van der Waals surface area contributed by atoms with Gasteiger partial charge in [0.1, 0.15) is 6.10 Å². The Labute approximate surface area is 82.5 Å². The van der Waals surface area contributed by atoms with Crippen molar-refractivity contribution in [1.82, 2.24) is 0 Å². The Kier molecular flexibility index (Phi) is 2.35. The van der Waals surface area contributed by atoms with Crippen LogP contribution in [0.2, 0.25) is 0 Å². The van der Waals surface area contributed by atoms with E-state index in [0.717, 1.165) is 11.1 Å². The average molecular weight is 191 g/mol. The maximum absolute atomic E-state index is 11.4. The predicted octanol–water partition coefficient (Wildman–Crippen LogP) is 0.0425. The minimum Gasteiger partial charge on any atom is -0.385 e. The molecule has 2 rings (SSSR count). The monoisotopic (exact) mass is 191 g/mol. The average Bonchev–Trinajstić information content (AvgIpc) is 2.28. The Morgan fingerprint density at radius 2 is 1.79 bits per heavy atom. The summed E-state index contributed by atoms with van der Waals surface area (Å²) in [6.45, 7) is 0. The summed E-state index contributed by atoms with van der Waals surface area (Å²) in [5.41, 5.74) is 7.78. The molecule has 3 nitrogen and oxygen atoms in total. The number of ketones is 1. The molecule has 0 bridgehead atoms. The van der Waals surface area contributed by atoms with E-state index < -0.39 is 12.1 Å². The lowest BCUT2D eigenvalue weighted by Crippen LogP contribution is -2.38. The molecule has 0 heterocycles. The molecule has 0 fully saturated rings. The summed E-state index contributed by atoms with van der Waals surface area (Å²) in [7, 11) is 0. The van der Waals surface area contributed by atoms with Crippen LogP contribution in [-0.2, 0) is 17.6 Å². The van der Waals surface area contributed by atoms with E-state index in [9.17, 15) is 9.90 Å². The number of nitrogens with two attached hydrogens (primary N) is 1. The van der Waals surface area contributed by atoms with Crippen molar-refractivity contribution in [2.45, 2.75) is 25.0 Å². The van der Waals surface area contributed by atoms with Crippen LogP contribution in [0.15, 0.2) is 24.3 Å². The molecule has 14 heavy (non-hydrogen) atoms. The number of Topliss-reactive ketones (excluding diaryl/α,β-unsaturated/α-hetero) is 1. The molecule has 0 saturated heterocycles. The molecule has 2 atom stereocenters. The van der Waals surface area contributed by atoms with E-state index in [2.05, 4.69) is 0 Å². The molecule has 74 valence electrons. The molecule has 0 aliphatic heterocycles. The number of hydrogen-bond donors (Lipinski definition) is 2. The molecule has 3 heteroatoms. The van der Waals surface area contributed by atoms with Gasteiger partial charge in [0.25, 0.3) is 0 Å². The van der Waals surface area contributed by atoms with Gasteiger partial charge in [0, 0.05) is 6.42 Å². The Morgan fingerprint density at radius 3 is 2.43 bits per heavy atom. The van der Waals surface area contributed by atoms with Crippen LogP contribution in [0.3, 0.4) is 0 Å². The van der Waals surface area contributed by atoms with Crippen molar-refractivity contribution in [3.63, 3.8) is 0 Å². The number of fused-ring (bicyclic) bond motifs is 1. The lowest BCUT2D eigenvalue weighted by atomic mass is 10.0. The van der Waals surface area contributed by atoms with Crippen LogP contribution in [0, 0.1) is 0 Å². The molecule has 0 spiro atoms. The quantitative estimate of drug-likeness (QED) is 0.569. The van der Waals surface area contributed by atoms with Crippen molar-refractivity contribution in [3.8, 4) is 0 Å². The zero-order valence-electron chi connectivity index (χ0n) is 7.81. The normalized spacial score (nSPS) is 26.9. The van der Waals surface area contributed by atoms with Gasteiger partial charge < -0.3 is 10.8 Å². The largest absolute Gasteiger partial charge is 0.385 e. The standard InChI is InChI=1S/C11H13NO2/c12-9-5-7-3-1-2-4-8(7)6-10(13)11(9)14/h1-4,9-10,13H,5-6,12H2/t9-,10-/m0/s1. The number of carbonyl (C=O) groups is 1. The van der Waals surface area contributed by atoms with Gasteiger partial charge in [-0.25, -0.2) is 0 Å². The fourth-order valence-corrected chi connectivity index (χ4v) is 1.85. The summed E-state index contributed by atoms with van der Waals surface area (Å²) in [6.07, 6.45) is -0.0111. The predicted molar refractivity (Wildman–Crippen MR) is 52.8 cm³/mol. The van der Waals surface area contributed by atoms with Gasteiger partial charge in [-0.1, -0.05) is 24.3 Å². The maximum Gasteiger partial charge on any atom is 0.178 e.